The number of nitrogens with zero attached hydrogens (tertiary/aromatic N) is 1. The van der Waals surface area contributed by atoms with E-state index in [4.69, 9.17) is 17.3 Å². The Morgan fingerprint density at radius 2 is 2.08 bits per heavy atom. The normalized spacial score (nSPS) is 10.6. The summed E-state index contributed by atoms with van der Waals surface area (Å²) >= 11 is 7.07. The van der Waals surface area contributed by atoms with Crippen molar-refractivity contribution in [1.82, 2.24) is 4.98 Å². The molecule has 0 aliphatic rings. The number of nitrogens with two attached hydrogens (primary N) is 1. The minimum Gasteiger partial charge on any atom is -0.507 e. The highest BCUT2D eigenvalue weighted by Gasteiger charge is 2.12. The lowest BCUT2D eigenvalue weighted by atomic mass is 10.1. The first-order valence-electron chi connectivity index (χ1n) is 6.75. The maximum atomic E-state index is 13.2. The number of phenols is 1. The van der Waals surface area contributed by atoms with E-state index in [0.717, 1.165) is 0 Å². The number of rotatable bonds is 4. The first-order valence-corrected chi connectivity index (χ1v) is 8.00. The highest BCUT2D eigenvalue weighted by molar-refractivity contribution is 7.14. The van der Waals surface area contributed by atoms with Gasteiger partial charge in [-0.15, -0.1) is 11.3 Å². The number of primary amides is 1. The molecular weight excluding hydrogens is 353 g/mol. The number of aromatic nitrogens is 1. The Bertz CT molecular complexity index is 929. The van der Waals surface area contributed by atoms with Gasteiger partial charge in [-0.05, 0) is 36.4 Å². The van der Waals surface area contributed by atoms with E-state index in [1.165, 1.54) is 35.6 Å². The molecule has 0 bridgehead atoms. The van der Waals surface area contributed by atoms with Crippen molar-refractivity contribution in [2.45, 2.75) is 0 Å². The van der Waals surface area contributed by atoms with Gasteiger partial charge in [-0.3, -0.25) is 4.79 Å². The van der Waals surface area contributed by atoms with E-state index in [9.17, 15) is 14.3 Å². The van der Waals surface area contributed by atoms with Gasteiger partial charge in [0.2, 0.25) is 0 Å². The van der Waals surface area contributed by atoms with Gasteiger partial charge in [0.05, 0.1) is 16.3 Å². The van der Waals surface area contributed by atoms with Gasteiger partial charge in [0.25, 0.3) is 5.91 Å². The number of carbonyl (C=O) groups is 1. The Morgan fingerprint density at radius 3 is 2.79 bits per heavy atom. The van der Waals surface area contributed by atoms with Crippen molar-refractivity contribution >= 4 is 39.7 Å². The molecule has 4 N–H and O–H groups in total. The number of carbonyl (C=O) groups excluding carboxylic acids is 1. The second-order valence-electron chi connectivity index (χ2n) is 4.89. The number of hydrogen-bond acceptors (Lipinski definition) is 5. The molecule has 0 aliphatic carbocycles. The molecule has 3 rings (SSSR count). The number of aromatic hydroxyl groups is 1. The Morgan fingerprint density at radius 1 is 1.29 bits per heavy atom. The largest absolute Gasteiger partial charge is 0.507 e. The zero-order valence-corrected chi connectivity index (χ0v) is 13.7. The van der Waals surface area contributed by atoms with Crippen LogP contribution >= 0.6 is 22.9 Å². The lowest BCUT2D eigenvalue weighted by Crippen LogP contribution is -2.11. The standard InChI is InChI=1S/C16H11ClFN3O2S/c17-11-6-9(2-3-12(11)18)20-16-21-13(7-24-16)8-1-4-14(22)10(5-8)15(19)23/h1-7,22H,(H2,19,23)(H,20,21). The van der Waals surface area contributed by atoms with Crippen molar-refractivity contribution < 1.29 is 14.3 Å². The van der Waals surface area contributed by atoms with Gasteiger partial charge in [0.15, 0.2) is 5.13 Å². The molecule has 122 valence electrons. The summed E-state index contributed by atoms with van der Waals surface area (Å²) in [6, 6.07) is 8.78. The minimum atomic E-state index is -0.719. The van der Waals surface area contributed by atoms with Gasteiger partial charge < -0.3 is 16.2 Å². The fraction of sp³-hybridized carbons (Fsp3) is 0. The van der Waals surface area contributed by atoms with Crippen molar-refractivity contribution in [1.29, 1.82) is 0 Å². The molecular formula is C16H11ClFN3O2S. The maximum Gasteiger partial charge on any atom is 0.252 e. The number of benzene rings is 2. The number of nitrogens with one attached hydrogen (secondary N) is 1. The second kappa shape index (κ2) is 6.46. The molecule has 8 heteroatoms. The number of hydrogen-bond donors (Lipinski definition) is 3. The van der Waals surface area contributed by atoms with Crippen LogP contribution in [0.5, 0.6) is 5.75 Å². The molecule has 0 atom stereocenters. The third kappa shape index (κ3) is 3.32. The molecule has 1 heterocycles. The predicted molar refractivity (Wildman–Crippen MR) is 92.4 cm³/mol. The van der Waals surface area contributed by atoms with Crippen LogP contribution in [0.15, 0.2) is 41.8 Å². The number of thiazole rings is 1. The van der Waals surface area contributed by atoms with Crippen LogP contribution in [0.3, 0.4) is 0 Å². The van der Waals surface area contributed by atoms with E-state index in [0.29, 0.717) is 22.1 Å². The van der Waals surface area contributed by atoms with Gasteiger partial charge in [0, 0.05) is 16.6 Å². The summed E-state index contributed by atoms with van der Waals surface area (Å²) < 4.78 is 13.2. The highest BCUT2D eigenvalue weighted by atomic mass is 35.5. The van der Waals surface area contributed by atoms with Crippen LogP contribution in [0, 0.1) is 5.82 Å². The maximum absolute atomic E-state index is 13.2. The van der Waals surface area contributed by atoms with Crippen LogP contribution in [0.25, 0.3) is 11.3 Å². The summed E-state index contributed by atoms with van der Waals surface area (Å²) in [5.74, 6) is -1.39. The highest BCUT2D eigenvalue weighted by Crippen LogP contribution is 2.30. The van der Waals surface area contributed by atoms with Crippen molar-refractivity contribution in [3.8, 4) is 17.0 Å². The topological polar surface area (TPSA) is 88.2 Å². The Hall–Kier alpha value is -2.64. The van der Waals surface area contributed by atoms with Crippen molar-refractivity contribution in [3.05, 3.63) is 58.2 Å². The van der Waals surface area contributed by atoms with Crippen molar-refractivity contribution in [2.24, 2.45) is 5.73 Å². The summed E-state index contributed by atoms with van der Waals surface area (Å²) in [5.41, 5.74) is 7.10. The average Bonchev–Trinajstić information content (AvgIpc) is 2.99. The Balaban J connectivity index is 1.86. The van der Waals surface area contributed by atoms with E-state index in [2.05, 4.69) is 10.3 Å². The van der Waals surface area contributed by atoms with Gasteiger partial charge in [-0.2, -0.15) is 0 Å². The summed E-state index contributed by atoms with van der Waals surface area (Å²) in [4.78, 5) is 15.7. The Kier molecular flexibility index (Phi) is 4.37. The summed E-state index contributed by atoms with van der Waals surface area (Å²) in [7, 11) is 0. The fourth-order valence-electron chi connectivity index (χ4n) is 2.05. The molecule has 0 unspecified atom stereocenters. The first-order chi connectivity index (χ1) is 11.4. The molecule has 0 aliphatic heterocycles. The molecule has 0 saturated carbocycles. The monoisotopic (exact) mass is 363 g/mol. The third-order valence-corrected chi connectivity index (χ3v) is 4.28. The van der Waals surface area contributed by atoms with E-state index in [1.54, 1.807) is 17.5 Å². The molecule has 24 heavy (non-hydrogen) atoms. The van der Waals surface area contributed by atoms with Crippen LogP contribution in [0.2, 0.25) is 5.02 Å². The third-order valence-electron chi connectivity index (χ3n) is 3.23. The minimum absolute atomic E-state index is 0.0152. The molecule has 0 radical (unpaired) electrons. The number of amides is 1. The molecule has 1 aromatic heterocycles. The molecule has 0 fully saturated rings. The molecule has 2 aromatic carbocycles. The lowest BCUT2D eigenvalue weighted by Gasteiger charge is -2.04. The SMILES string of the molecule is NC(=O)c1cc(-c2csc(Nc3ccc(F)c(Cl)c3)n2)ccc1O. The average molecular weight is 364 g/mol. The molecule has 0 saturated heterocycles. The van der Waals surface area contributed by atoms with Gasteiger partial charge in [0.1, 0.15) is 11.6 Å². The zero-order valence-electron chi connectivity index (χ0n) is 12.1. The second-order valence-corrected chi connectivity index (χ2v) is 6.15. The van der Waals surface area contributed by atoms with Gasteiger partial charge in [-0.1, -0.05) is 11.6 Å². The summed E-state index contributed by atoms with van der Waals surface area (Å²) in [6.07, 6.45) is 0. The molecule has 3 aromatic rings. The first kappa shape index (κ1) is 16.2. The molecule has 5 nitrogen and oxygen atoms in total. The van der Waals surface area contributed by atoms with Crippen molar-refractivity contribution in [2.75, 3.05) is 5.32 Å². The van der Waals surface area contributed by atoms with Crippen LogP contribution in [0.1, 0.15) is 10.4 Å². The Labute approximate surface area is 145 Å². The zero-order chi connectivity index (χ0) is 17.3. The van der Waals surface area contributed by atoms with E-state index in [-0.39, 0.29) is 16.3 Å². The van der Waals surface area contributed by atoms with Crippen LogP contribution in [-0.2, 0) is 0 Å². The molecule has 1 amide bonds. The van der Waals surface area contributed by atoms with E-state index < -0.39 is 11.7 Å². The van der Waals surface area contributed by atoms with E-state index in [1.807, 2.05) is 0 Å². The smallest absolute Gasteiger partial charge is 0.252 e. The van der Waals surface area contributed by atoms with Gasteiger partial charge >= 0.3 is 0 Å². The van der Waals surface area contributed by atoms with Crippen LogP contribution in [0.4, 0.5) is 15.2 Å². The van der Waals surface area contributed by atoms with Crippen LogP contribution in [-0.4, -0.2) is 16.0 Å². The summed E-state index contributed by atoms with van der Waals surface area (Å²) in [6.45, 7) is 0. The van der Waals surface area contributed by atoms with Gasteiger partial charge in [-0.25, -0.2) is 9.37 Å². The quantitative estimate of drug-likeness (QED) is 0.649. The predicted octanol–water partition coefficient (Wildman–Crippen LogP) is 4.15. The number of halogens is 2. The lowest BCUT2D eigenvalue weighted by molar-refractivity contribution is 0.0998. The summed E-state index contributed by atoms with van der Waals surface area (Å²) in [5, 5.41) is 15.0. The van der Waals surface area contributed by atoms with E-state index >= 15 is 0 Å². The number of anilines is 2. The molecule has 0 spiro atoms. The van der Waals surface area contributed by atoms with Crippen LogP contribution < -0.4 is 11.1 Å². The fourth-order valence-corrected chi connectivity index (χ4v) is 2.97. The van der Waals surface area contributed by atoms with Crippen molar-refractivity contribution in [3.63, 3.8) is 0 Å².